The van der Waals surface area contributed by atoms with Crippen LogP contribution in [-0.4, -0.2) is 21.8 Å². The van der Waals surface area contributed by atoms with Gasteiger partial charge in [0, 0.05) is 31.8 Å². The largest absolute Gasteiger partial charge is 0.356 e. The topological polar surface area (TPSA) is 46.4 Å². The molecule has 0 spiro atoms. The zero-order valence-corrected chi connectivity index (χ0v) is 13.0. The molecule has 0 fully saturated rings. The molecular weight excluding hydrogens is 297 g/mol. The minimum atomic E-state index is 0.0739. The molecule has 0 unspecified atom stereocenters. The van der Waals surface area contributed by atoms with Crippen molar-refractivity contribution < 1.29 is 4.79 Å². The van der Waals surface area contributed by atoms with Gasteiger partial charge in [0.1, 0.15) is 0 Å². The van der Waals surface area contributed by atoms with Gasteiger partial charge in [-0.25, -0.2) is 4.98 Å². The minimum absolute atomic E-state index is 0.0739. The molecule has 6 heteroatoms. The van der Waals surface area contributed by atoms with Crippen molar-refractivity contribution >= 4 is 34.8 Å². The monoisotopic (exact) mass is 313 g/mol. The molecule has 4 nitrogen and oxygen atoms in total. The summed E-state index contributed by atoms with van der Waals surface area (Å²) in [7, 11) is 0. The van der Waals surface area contributed by atoms with Crippen molar-refractivity contribution in [3.05, 3.63) is 34.2 Å². The number of hydrogen-bond acceptors (Lipinski definition) is 2. The molecule has 0 radical (unpaired) electrons. The van der Waals surface area contributed by atoms with Gasteiger partial charge in [0.05, 0.1) is 15.7 Å². The average Bonchev–Trinajstić information content (AvgIpc) is 2.71. The molecule has 2 heterocycles. The van der Waals surface area contributed by atoms with Gasteiger partial charge in [-0.05, 0) is 12.0 Å². The Morgan fingerprint density at radius 1 is 1.40 bits per heavy atom. The Hall–Kier alpha value is -1.26. The number of rotatable bonds is 5. The Morgan fingerprint density at radius 2 is 2.15 bits per heavy atom. The molecule has 20 heavy (non-hydrogen) atoms. The number of nitrogens with one attached hydrogen (secondary N) is 1. The normalized spacial score (nSPS) is 11.2. The highest BCUT2D eigenvalue weighted by Crippen LogP contribution is 2.21. The number of aromatic nitrogens is 2. The van der Waals surface area contributed by atoms with Crippen molar-refractivity contribution in [1.29, 1.82) is 0 Å². The van der Waals surface area contributed by atoms with Gasteiger partial charge in [-0.3, -0.25) is 4.79 Å². The first-order valence-electron chi connectivity index (χ1n) is 6.55. The third-order valence-electron chi connectivity index (χ3n) is 2.82. The fourth-order valence-corrected chi connectivity index (χ4v) is 2.50. The van der Waals surface area contributed by atoms with E-state index in [4.69, 9.17) is 23.2 Å². The highest BCUT2D eigenvalue weighted by molar-refractivity contribution is 6.36. The van der Waals surface area contributed by atoms with Crippen molar-refractivity contribution in [3.8, 4) is 0 Å². The molecule has 0 saturated heterocycles. The number of halogens is 2. The number of carbonyl (C=O) groups is 1. The van der Waals surface area contributed by atoms with E-state index in [-0.39, 0.29) is 5.91 Å². The van der Waals surface area contributed by atoms with Crippen molar-refractivity contribution in [2.24, 2.45) is 5.92 Å². The third-order valence-corrected chi connectivity index (χ3v) is 3.30. The van der Waals surface area contributed by atoms with E-state index in [1.54, 1.807) is 16.7 Å². The van der Waals surface area contributed by atoms with Crippen LogP contribution < -0.4 is 5.32 Å². The van der Waals surface area contributed by atoms with Crippen LogP contribution in [0.2, 0.25) is 10.0 Å². The fraction of sp³-hybridized carbons (Fsp3) is 0.429. The van der Waals surface area contributed by atoms with E-state index < -0.39 is 0 Å². The first kappa shape index (κ1) is 15.1. The van der Waals surface area contributed by atoms with Crippen molar-refractivity contribution in [2.75, 3.05) is 6.54 Å². The molecule has 0 aliphatic carbocycles. The summed E-state index contributed by atoms with van der Waals surface area (Å²) in [5.41, 5.74) is 1.55. The van der Waals surface area contributed by atoms with Gasteiger partial charge in [0.15, 0.2) is 5.65 Å². The van der Waals surface area contributed by atoms with Gasteiger partial charge in [-0.1, -0.05) is 37.0 Å². The van der Waals surface area contributed by atoms with Crippen LogP contribution in [0.15, 0.2) is 18.5 Å². The highest BCUT2D eigenvalue weighted by atomic mass is 35.5. The molecule has 0 aromatic carbocycles. The molecule has 1 amide bonds. The van der Waals surface area contributed by atoms with Gasteiger partial charge in [-0.2, -0.15) is 0 Å². The quantitative estimate of drug-likeness (QED) is 0.920. The molecule has 108 valence electrons. The maximum absolute atomic E-state index is 11.5. The summed E-state index contributed by atoms with van der Waals surface area (Å²) in [6, 6.07) is 1.67. The van der Waals surface area contributed by atoms with E-state index >= 15 is 0 Å². The van der Waals surface area contributed by atoms with Crippen LogP contribution in [0.1, 0.15) is 26.0 Å². The molecule has 0 saturated carbocycles. The van der Waals surface area contributed by atoms with Gasteiger partial charge in [-0.15, -0.1) is 0 Å². The summed E-state index contributed by atoms with van der Waals surface area (Å²) in [5.74, 6) is 0.441. The van der Waals surface area contributed by atoms with E-state index in [2.05, 4.69) is 10.3 Å². The predicted octanol–water partition coefficient (Wildman–Crippen LogP) is 3.35. The lowest BCUT2D eigenvalue weighted by Gasteiger charge is -2.05. The fourth-order valence-electron chi connectivity index (χ4n) is 1.97. The number of nitrogens with zero attached hydrogens (tertiary/aromatic N) is 2. The summed E-state index contributed by atoms with van der Waals surface area (Å²) in [6.45, 7) is 4.61. The number of amides is 1. The first-order chi connectivity index (χ1) is 9.45. The molecule has 0 aliphatic heterocycles. The molecule has 0 aliphatic rings. The molecule has 2 aromatic heterocycles. The van der Waals surface area contributed by atoms with Crippen LogP contribution >= 0.6 is 23.2 Å². The Balaban J connectivity index is 1.97. The maximum Gasteiger partial charge on any atom is 0.220 e. The summed E-state index contributed by atoms with van der Waals surface area (Å²) < 4.78 is 1.80. The van der Waals surface area contributed by atoms with Crippen LogP contribution in [0.4, 0.5) is 0 Å². The molecule has 0 bridgehead atoms. The second-order valence-corrected chi connectivity index (χ2v) is 6.01. The van der Waals surface area contributed by atoms with Crippen LogP contribution in [-0.2, 0) is 11.2 Å². The third kappa shape index (κ3) is 3.87. The van der Waals surface area contributed by atoms with E-state index in [0.717, 1.165) is 5.69 Å². The minimum Gasteiger partial charge on any atom is -0.356 e. The molecule has 2 rings (SSSR count). The summed E-state index contributed by atoms with van der Waals surface area (Å²) >= 11 is 12.0. The highest BCUT2D eigenvalue weighted by Gasteiger charge is 2.08. The number of imidazole rings is 1. The van der Waals surface area contributed by atoms with Crippen molar-refractivity contribution in [1.82, 2.24) is 14.7 Å². The van der Waals surface area contributed by atoms with Gasteiger partial charge in [0.25, 0.3) is 0 Å². The lowest BCUT2D eigenvalue weighted by Crippen LogP contribution is -2.26. The van der Waals surface area contributed by atoms with Gasteiger partial charge >= 0.3 is 0 Å². The summed E-state index contributed by atoms with van der Waals surface area (Å²) in [6.07, 6.45) is 4.85. The smallest absolute Gasteiger partial charge is 0.220 e. The second-order valence-electron chi connectivity index (χ2n) is 5.17. The SMILES string of the molecule is CC(C)CC(=O)NCCc1cn2cc(Cl)cc(Cl)c2n1. The zero-order valence-electron chi connectivity index (χ0n) is 11.5. The lowest BCUT2D eigenvalue weighted by molar-refractivity contribution is -0.121. The Labute approximate surface area is 128 Å². The lowest BCUT2D eigenvalue weighted by atomic mass is 10.1. The second kappa shape index (κ2) is 6.46. The summed E-state index contributed by atoms with van der Waals surface area (Å²) in [4.78, 5) is 16.0. The van der Waals surface area contributed by atoms with Crippen LogP contribution in [0.25, 0.3) is 5.65 Å². The number of carbonyl (C=O) groups excluding carboxylic acids is 1. The number of fused-ring (bicyclic) bond motifs is 1. The Kier molecular flexibility index (Phi) is 4.89. The van der Waals surface area contributed by atoms with Crippen LogP contribution in [0.5, 0.6) is 0 Å². The first-order valence-corrected chi connectivity index (χ1v) is 7.30. The van der Waals surface area contributed by atoms with Crippen LogP contribution in [0.3, 0.4) is 0 Å². The number of pyridine rings is 1. The molecular formula is C14H17Cl2N3O. The van der Waals surface area contributed by atoms with Gasteiger partial charge < -0.3 is 9.72 Å². The maximum atomic E-state index is 11.5. The molecule has 2 aromatic rings. The van der Waals surface area contributed by atoms with E-state index in [1.807, 2.05) is 20.0 Å². The standard InChI is InChI=1S/C14H17Cl2N3O/c1-9(2)5-13(20)17-4-3-11-8-19-7-10(15)6-12(16)14(19)18-11/h6-9H,3-5H2,1-2H3,(H,17,20). The average molecular weight is 314 g/mol. The summed E-state index contributed by atoms with van der Waals surface area (Å²) in [5, 5.41) is 3.97. The zero-order chi connectivity index (χ0) is 14.7. The Morgan fingerprint density at radius 3 is 2.85 bits per heavy atom. The van der Waals surface area contributed by atoms with E-state index in [1.165, 1.54) is 0 Å². The van der Waals surface area contributed by atoms with E-state index in [0.29, 0.717) is 41.0 Å². The van der Waals surface area contributed by atoms with E-state index in [9.17, 15) is 4.79 Å². The van der Waals surface area contributed by atoms with Gasteiger partial charge in [0.2, 0.25) is 5.91 Å². The predicted molar refractivity (Wildman–Crippen MR) is 81.4 cm³/mol. The van der Waals surface area contributed by atoms with Crippen molar-refractivity contribution in [2.45, 2.75) is 26.7 Å². The van der Waals surface area contributed by atoms with Crippen LogP contribution in [0, 0.1) is 5.92 Å². The molecule has 0 atom stereocenters. The molecule has 1 N–H and O–H groups in total. The number of hydrogen-bond donors (Lipinski definition) is 1. The Bertz CT molecular complexity index is 622. The van der Waals surface area contributed by atoms with Crippen molar-refractivity contribution in [3.63, 3.8) is 0 Å².